The Morgan fingerprint density at radius 3 is 2.82 bits per heavy atom. The van der Waals surface area contributed by atoms with Crippen molar-refractivity contribution in [2.75, 3.05) is 5.32 Å². The van der Waals surface area contributed by atoms with Crippen LogP contribution in [0.25, 0.3) is 0 Å². The zero-order valence-electron chi connectivity index (χ0n) is 9.37. The minimum Gasteiger partial charge on any atom is -0.379 e. The molecule has 4 heteroatoms. The molecule has 0 saturated heterocycles. The highest BCUT2D eigenvalue weighted by Crippen LogP contribution is 2.21. The van der Waals surface area contributed by atoms with Crippen LogP contribution in [0, 0.1) is 5.82 Å². The Kier molecular flexibility index (Phi) is 3.54. The smallest absolute Gasteiger partial charge is 0.164 e. The second-order valence-corrected chi connectivity index (χ2v) is 4.68. The number of rotatable bonds is 4. The second kappa shape index (κ2) is 5.10. The Balaban J connectivity index is 2.21. The Labute approximate surface area is 103 Å². The molecule has 0 atom stereocenters. The van der Waals surface area contributed by atoms with Gasteiger partial charge in [0.05, 0.1) is 5.56 Å². The minimum atomic E-state index is -0.478. The number of thiophene rings is 1. The molecule has 0 aliphatic heterocycles. The van der Waals surface area contributed by atoms with Gasteiger partial charge in [0.15, 0.2) is 5.78 Å². The molecule has 0 unspecified atom stereocenters. The molecule has 0 saturated carbocycles. The molecular formula is C13H12FNOS. The molecule has 0 fully saturated rings. The molecule has 2 rings (SSSR count). The number of anilines is 1. The van der Waals surface area contributed by atoms with Crippen molar-refractivity contribution in [2.24, 2.45) is 0 Å². The number of carbonyl (C=O) groups excluding carboxylic acids is 1. The molecule has 2 nitrogen and oxygen atoms in total. The average Bonchev–Trinajstić information content (AvgIpc) is 2.78. The third kappa shape index (κ3) is 2.71. The first-order chi connectivity index (χ1) is 8.18. The normalized spacial score (nSPS) is 10.2. The van der Waals surface area contributed by atoms with Gasteiger partial charge in [-0.2, -0.15) is 0 Å². The van der Waals surface area contributed by atoms with Gasteiger partial charge in [-0.1, -0.05) is 12.1 Å². The van der Waals surface area contributed by atoms with Gasteiger partial charge in [0, 0.05) is 17.1 Å². The Hall–Kier alpha value is -1.68. The molecule has 0 bridgehead atoms. The second-order valence-electron chi connectivity index (χ2n) is 3.65. The first-order valence-electron chi connectivity index (χ1n) is 5.24. The largest absolute Gasteiger partial charge is 0.379 e. The summed E-state index contributed by atoms with van der Waals surface area (Å²) < 4.78 is 13.5. The SMILES string of the molecule is CC(=O)c1c(F)cccc1NCc1cccs1. The van der Waals surface area contributed by atoms with Gasteiger partial charge in [-0.15, -0.1) is 11.3 Å². The number of hydrogen-bond acceptors (Lipinski definition) is 3. The zero-order chi connectivity index (χ0) is 12.3. The molecule has 2 aromatic rings. The van der Waals surface area contributed by atoms with Crippen LogP contribution in [0.5, 0.6) is 0 Å². The number of nitrogens with one attached hydrogen (secondary N) is 1. The fourth-order valence-corrected chi connectivity index (χ4v) is 2.27. The van der Waals surface area contributed by atoms with E-state index in [1.54, 1.807) is 23.5 Å². The molecular weight excluding hydrogens is 237 g/mol. The van der Waals surface area contributed by atoms with Crippen LogP contribution in [0.4, 0.5) is 10.1 Å². The number of Topliss-reactive ketones (excluding diaryl/α,β-unsaturated/α-hetero) is 1. The van der Waals surface area contributed by atoms with Crippen LogP contribution >= 0.6 is 11.3 Å². The monoisotopic (exact) mass is 249 g/mol. The summed E-state index contributed by atoms with van der Waals surface area (Å²) in [6.07, 6.45) is 0. The van der Waals surface area contributed by atoms with Crippen molar-refractivity contribution in [1.29, 1.82) is 0 Å². The van der Waals surface area contributed by atoms with Gasteiger partial charge in [0.2, 0.25) is 0 Å². The van der Waals surface area contributed by atoms with Crippen molar-refractivity contribution in [3.05, 3.63) is 52.0 Å². The highest BCUT2D eigenvalue weighted by Gasteiger charge is 2.12. The van der Waals surface area contributed by atoms with E-state index in [9.17, 15) is 9.18 Å². The maximum atomic E-state index is 13.5. The number of halogens is 1. The Morgan fingerprint density at radius 1 is 1.35 bits per heavy atom. The lowest BCUT2D eigenvalue weighted by Crippen LogP contribution is -2.06. The van der Waals surface area contributed by atoms with Crippen LogP contribution in [-0.4, -0.2) is 5.78 Å². The summed E-state index contributed by atoms with van der Waals surface area (Å²) >= 11 is 1.62. The van der Waals surface area contributed by atoms with Crippen molar-refractivity contribution in [3.8, 4) is 0 Å². The van der Waals surface area contributed by atoms with E-state index in [0.717, 1.165) is 4.88 Å². The average molecular weight is 249 g/mol. The highest BCUT2D eigenvalue weighted by molar-refractivity contribution is 7.09. The van der Waals surface area contributed by atoms with Gasteiger partial charge >= 0.3 is 0 Å². The topological polar surface area (TPSA) is 29.1 Å². The van der Waals surface area contributed by atoms with Crippen molar-refractivity contribution in [2.45, 2.75) is 13.5 Å². The van der Waals surface area contributed by atoms with E-state index in [0.29, 0.717) is 12.2 Å². The lowest BCUT2D eigenvalue weighted by Gasteiger charge is -2.09. The third-order valence-corrected chi connectivity index (χ3v) is 3.28. The Bertz CT molecular complexity index is 522. The predicted molar refractivity (Wildman–Crippen MR) is 68.1 cm³/mol. The van der Waals surface area contributed by atoms with E-state index in [-0.39, 0.29) is 11.3 Å². The van der Waals surface area contributed by atoms with Crippen LogP contribution in [0.3, 0.4) is 0 Å². The molecule has 1 aromatic heterocycles. The van der Waals surface area contributed by atoms with Crippen molar-refractivity contribution < 1.29 is 9.18 Å². The summed E-state index contributed by atoms with van der Waals surface area (Å²) in [6.45, 7) is 1.97. The number of carbonyl (C=O) groups is 1. The van der Waals surface area contributed by atoms with E-state index in [1.165, 1.54) is 13.0 Å². The lowest BCUT2D eigenvalue weighted by atomic mass is 10.1. The summed E-state index contributed by atoms with van der Waals surface area (Å²) in [4.78, 5) is 12.5. The fraction of sp³-hybridized carbons (Fsp3) is 0.154. The number of benzene rings is 1. The highest BCUT2D eigenvalue weighted by atomic mass is 32.1. The molecule has 88 valence electrons. The first-order valence-corrected chi connectivity index (χ1v) is 6.12. The van der Waals surface area contributed by atoms with Gasteiger partial charge in [0.25, 0.3) is 0 Å². The van der Waals surface area contributed by atoms with Crippen LogP contribution in [-0.2, 0) is 6.54 Å². The quantitative estimate of drug-likeness (QED) is 0.837. The van der Waals surface area contributed by atoms with Crippen LogP contribution in [0.2, 0.25) is 0 Å². The molecule has 17 heavy (non-hydrogen) atoms. The number of ketones is 1. The van der Waals surface area contributed by atoms with E-state index < -0.39 is 5.82 Å². The van der Waals surface area contributed by atoms with Crippen LogP contribution in [0.1, 0.15) is 22.2 Å². The van der Waals surface area contributed by atoms with Crippen LogP contribution < -0.4 is 5.32 Å². The Morgan fingerprint density at radius 2 is 2.18 bits per heavy atom. The molecule has 1 aromatic carbocycles. The minimum absolute atomic E-state index is 0.129. The predicted octanol–water partition coefficient (Wildman–Crippen LogP) is 3.70. The fourth-order valence-electron chi connectivity index (χ4n) is 1.62. The summed E-state index contributed by atoms with van der Waals surface area (Å²) in [6, 6.07) is 8.56. The van der Waals surface area contributed by atoms with E-state index in [4.69, 9.17) is 0 Å². The summed E-state index contributed by atoms with van der Waals surface area (Å²) in [5.74, 6) is -0.745. The molecule has 0 aliphatic rings. The van der Waals surface area contributed by atoms with Crippen molar-refractivity contribution >= 4 is 22.8 Å². The van der Waals surface area contributed by atoms with E-state index in [1.807, 2.05) is 17.5 Å². The number of hydrogen-bond donors (Lipinski definition) is 1. The first kappa shape index (κ1) is 11.8. The maximum absolute atomic E-state index is 13.5. The van der Waals surface area contributed by atoms with Gasteiger partial charge in [-0.3, -0.25) is 4.79 Å². The molecule has 0 aliphatic carbocycles. The van der Waals surface area contributed by atoms with Gasteiger partial charge in [-0.05, 0) is 30.5 Å². The summed E-state index contributed by atoms with van der Waals surface area (Å²) in [5, 5.41) is 5.07. The maximum Gasteiger partial charge on any atom is 0.164 e. The summed E-state index contributed by atoms with van der Waals surface area (Å²) in [7, 11) is 0. The van der Waals surface area contributed by atoms with E-state index in [2.05, 4.69) is 5.32 Å². The van der Waals surface area contributed by atoms with Crippen molar-refractivity contribution in [1.82, 2.24) is 0 Å². The molecule has 1 heterocycles. The van der Waals surface area contributed by atoms with Gasteiger partial charge < -0.3 is 5.32 Å². The lowest BCUT2D eigenvalue weighted by molar-refractivity contribution is 0.101. The molecule has 0 radical (unpaired) electrons. The molecule has 0 amide bonds. The molecule has 1 N–H and O–H groups in total. The van der Waals surface area contributed by atoms with Crippen LogP contribution in [0.15, 0.2) is 35.7 Å². The van der Waals surface area contributed by atoms with Gasteiger partial charge in [-0.25, -0.2) is 4.39 Å². The van der Waals surface area contributed by atoms with E-state index >= 15 is 0 Å². The van der Waals surface area contributed by atoms with Crippen molar-refractivity contribution in [3.63, 3.8) is 0 Å². The van der Waals surface area contributed by atoms with Gasteiger partial charge in [0.1, 0.15) is 5.82 Å². The zero-order valence-corrected chi connectivity index (χ0v) is 10.2. The summed E-state index contributed by atoms with van der Waals surface area (Å²) in [5.41, 5.74) is 0.676. The standard InChI is InChI=1S/C13H12FNOS/c1-9(16)13-11(14)5-2-6-12(13)15-8-10-4-3-7-17-10/h2-7,15H,8H2,1H3. The molecule has 0 spiro atoms. The third-order valence-electron chi connectivity index (χ3n) is 2.40.